The number of carboxylic acid groups (broad SMARTS) is 1. The van der Waals surface area contributed by atoms with Crippen molar-refractivity contribution in [2.75, 3.05) is 4.90 Å². The average Bonchev–Trinajstić information content (AvgIpc) is 2.96. The van der Waals surface area contributed by atoms with E-state index in [9.17, 15) is 4.79 Å². The normalized spacial score (nSPS) is 25.5. The van der Waals surface area contributed by atoms with Crippen molar-refractivity contribution in [2.24, 2.45) is 0 Å². The summed E-state index contributed by atoms with van der Waals surface area (Å²) in [5.74, 6) is -1.00. The molecule has 2 saturated heterocycles. The van der Waals surface area contributed by atoms with Crippen molar-refractivity contribution in [3.63, 3.8) is 0 Å². The van der Waals surface area contributed by atoms with Gasteiger partial charge in [-0.05, 0) is 32.1 Å². The van der Waals surface area contributed by atoms with Crippen molar-refractivity contribution in [3.05, 3.63) is 24.2 Å². The van der Waals surface area contributed by atoms with Crippen molar-refractivity contribution in [3.8, 4) is 0 Å². The molecule has 0 amide bonds. The molecule has 2 fully saturated rings. The lowest BCUT2D eigenvalue weighted by atomic mass is 9.83. The Balaban J connectivity index is 1.75. The number of piperidine rings is 2. The summed E-state index contributed by atoms with van der Waals surface area (Å²) >= 11 is 1.43. The van der Waals surface area contributed by atoms with Crippen molar-refractivity contribution in [1.82, 2.24) is 14.6 Å². The number of fused-ring (bicyclic) bond motifs is 3. The standard InChI is InChI=1S/C14H16N4O2S/c1-8-5-9-3-2-4-10(6-8)18(9)14-16-17-7-15-11(13(19)20)12(17)21-14/h7,9-10H,1-6H2,(H,19,20). The van der Waals surface area contributed by atoms with E-state index in [1.807, 2.05) is 0 Å². The van der Waals surface area contributed by atoms with E-state index in [0.29, 0.717) is 16.9 Å². The van der Waals surface area contributed by atoms with Crippen LogP contribution in [0, 0.1) is 0 Å². The first-order chi connectivity index (χ1) is 10.1. The quantitative estimate of drug-likeness (QED) is 0.863. The largest absolute Gasteiger partial charge is 0.476 e. The van der Waals surface area contributed by atoms with Gasteiger partial charge in [-0.2, -0.15) is 0 Å². The zero-order valence-electron chi connectivity index (χ0n) is 11.5. The third kappa shape index (κ3) is 1.95. The molecule has 2 aromatic heterocycles. The summed E-state index contributed by atoms with van der Waals surface area (Å²) in [6.07, 6.45) is 7.11. The molecular formula is C14H16N4O2S. The minimum atomic E-state index is -1.00. The smallest absolute Gasteiger partial charge is 0.357 e. The summed E-state index contributed by atoms with van der Waals surface area (Å²) in [4.78, 5) is 18.1. The number of carboxylic acids is 1. The van der Waals surface area contributed by atoms with Crippen molar-refractivity contribution >= 4 is 27.3 Å². The summed E-state index contributed by atoms with van der Waals surface area (Å²) in [5, 5.41) is 14.6. The van der Waals surface area contributed by atoms with Crippen LogP contribution in [0.2, 0.25) is 0 Å². The molecule has 7 heteroatoms. The number of carbonyl (C=O) groups is 1. The van der Waals surface area contributed by atoms with E-state index in [0.717, 1.165) is 30.8 Å². The maximum absolute atomic E-state index is 11.2. The van der Waals surface area contributed by atoms with Gasteiger partial charge in [-0.15, -0.1) is 5.10 Å². The number of nitrogens with zero attached hydrogens (tertiary/aromatic N) is 4. The number of aromatic nitrogens is 3. The van der Waals surface area contributed by atoms with Crippen LogP contribution < -0.4 is 4.90 Å². The summed E-state index contributed by atoms with van der Waals surface area (Å²) < 4.78 is 1.59. The van der Waals surface area contributed by atoms with E-state index in [4.69, 9.17) is 5.11 Å². The van der Waals surface area contributed by atoms with Crippen LogP contribution in [-0.2, 0) is 0 Å². The number of imidazole rings is 1. The van der Waals surface area contributed by atoms with Gasteiger partial charge in [0.2, 0.25) is 5.13 Å². The van der Waals surface area contributed by atoms with Crippen LogP contribution in [0.15, 0.2) is 18.5 Å². The van der Waals surface area contributed by atoms with E-state index >= 15 is 0 Å². The summed E-state index contributed by atoms with van der Waals surface area (Å²) in [6, 6.07) is 0.921. The molecule has 0 spiro atoms. The highest BCUT2D eigenvalue weighted by atomic mass is 32.1. The summed E-state index contributed by atoms with van der Waals surface area (Å²) in [7, 11) is 0. The average molecular weight is 304 g/mol. The Morgan fingerprint density at radius 3 is 2.76 bits per heavy atom. The molecule has 6 nitrogen and oxygen atoms in total. The molecule has 0 aromatic carbocycles. The Hall–Kier alpha value is -1.89. The number of hydrogen-bond donors (Lipinski definition) is 1. The van der Waals surface area contributed by atoms with Gasteiger partial charge in [0.15, 0.2) is 10.5 Å². The molecule has 2 unspecified atom stereocenters. The second kappa shape index (κ2) is 4.56. The van der Waals surface area contributed by atoms with Gasteiger partial charge in [-0.3, -0.25) is 0 Å². The number of rotatable bonds is 2. The van der Waals surface area contributed by atoms with E-state index in [2.05, 4.69) is 21.6 Å². The second-order valence-corrected chi connectivity index (χ2v) is 6.79. The molecule has 0 aliphatic carbocycles. The first-order valence-corrected chi connectivity index (χ1v) is 7.97. The molecule has 2 aromatic rings. The Morgan fingerprint density at radius 2 is 2.10 bits per heavy atom. The molecule has 2 atom stereocenters. The highest BCUT2D eigenvalue weighted by Gasteiger charge is 2.37. The zero-order valence-corrected chi connectivity index (χ0v) is 12.3. The fourth-order valence-corrected chi connectivity index (χ4v) is 4.70. The lowest BCUT2D eigenvalue weighted by Gasteiger charge is -2.46. The lowest BCUT2D eigenvalue weighted by molar-refractivity contribution is 0.0693. The Morgan fingerprint density at radius 1 is 1.38 bits per heavy atom. The molecule has 2 bridgehead atoms. The molecule has 21 heavy (non-hydrogen) atoms. The minimum Gasteiger partial charge on any atom is -0.476 e. The monoisotopic (exact) mass is 304 g/mol. The van der Waals surface area contributed by atoms with E-state index < -0.39 is 5.97 Å². The molecule has 0 radical (unpaired) electrons. The van der Waals surface area contributed by atoms with Gasteiger partial charge >= 0.3 is 5.97 Å². The van der Waals surface area contributed by atoms with Crippen LogP contribution in [0.5, 0.6) is 0 Å². The van der Waals surface area contributed by atoms with Gasteiger partial charge in [0.1, 0.15) is 6.33 Å². The van der Waals surface area contributed by atoms with Gasteiger partial charge in [-0.1, -0.05) is 23.5 Å². The van der Waals surface area contributed by atoms with Crippen molar-refractivity contribution in [2.45, 2.75) is 44.2 Å². The number of anilines is 1. The fourth-order valence-electron chi connectivity index (χ4n) is 3.57. The SMILES string of the molecule is C=C1CC2CCCC(C1)N2c1nn2cnc(C(=O)O)c2s1. The van der Waals surface area contributed by atoms with Crippen LogP contribution in [0.4, 0.5) is 5.13 Å². The molecule has 4 heterocycles. The third-order valence-corrected chi connectivity index (χ3v) is 5.47. The highest BCUT2D eigenvalue weighted by molar-refractivity contribution is 7.21. The van der Waals surface area contributed by atoms with Gasteiger partial charge in [0.25, 0.3) is 0 Å². The molecule has 1 N–H and O–H groups in total. The van der Waals surface area contributed by atoms with E-state index in [1.165, 1.54) is 29.7 Å². The fraction of sp³-hybridized carbons (Fsp3) is 0.500. The zero-order chi connectivity index (χ0) is 14.6. The van der Waals surface area contributed by atoms with E-state index in [-0.39, 0.29) is 5.69 Å². The molecule has 0 saturated carbocycles. The molecule has 2 aliphatic rings. The number of hydrogen-bond acceptors (Lipinski definition) is 5. The van der Waals surface area contributed by atoms with Crippen LogP contribution >= 0.6 is 11.3 Å². The van der Waals surface area contributed by atoms with Gasteiger partial charge in [0.05, 0.1) is 0 Å². The molecular weight excluding hydrogens is 288 g/mol. The minimum absolute atomic E-state index is 0.0883. The highest BCUT2D eigenvalue weighted by Crippen LogP contribution is 2.41. The predicted molar refractivity (Wildman–Crippen MR) is 80.1 cm³/mol. The van der Waals surface area contributed by atoms with E-state index in [1.54, 1.807) is 4.52 Å². The molecule has 2 aliphatic heterocycles. The van der Waals surface area contributed by atoms with Crippen molar-refractivity contribution in [1.29, 1.82) is 0 Å². The molecule has 4 rings (SSSR count). The topological polar surface area (TPSA) is 70.7 Å². The van der Waals surface area contributed by atoms with Gasteiger partial charge in [0, 0.05) is 12.1 Å². The first kappa shape index (κ1) is 12.8. The predicted octanol–water partition coefficient (Wildman–Crippen LogP) is 2.57. The Labute approximate surface area is 125 Å². The van der Waals surface area contributed by atoms with Crippen LogP contribution in [0.25, 0.3) is 4.83 Å². The Bertz CT molecular complexity index is 718. The number of aromatic carboxylic acids is 1. The summed E-state index contributed by atoms with van der Waals surface area (Å²) in [5.41, 5.74) is 1.42. The van der Waals surface area contributed by atoms with Gasteiger partial charge in [-0.25, -0.2) is 14.3 Å². The van der Waals surface area contributed by atoms with Crippen LogP contribution in [0.1, 0.15) is 42.6 Å². The molecule has 110 valence electrons. The second-order valence-electron chi connectivity index (χ2n) is 5.84. The Kier molecular flexibility index (Phi) is 2.78. The van der Waals surface area contributed by atoms with Crippen LogP contribution in [0.3, 0.4) is 0 Å². The maximum Gasteiger partial charge on any atom is 0.357 e. The summed E-state index contributed by atoms with van der Waals surface area (Å²) in [6.45, 7) is 4.16. The van der Waals surface area contributed by atoms with Crippen LogP contribution in [-0.4, -0.2) is 37.8 Å². The van der Waals surface area contributed by atoms with Crippen molar-refractivity contribution < 1.29 is 9.90 Å². The maximum atomic E-state index is 11.2. The van der Waals surface area contributed by atoms with Gasteiger partial charge < -0.3 is 10.0 Å². The third-order valence-electron chi connectivity index (χ3n) is 4.42. The lowest BCUT2D eigenvalue weighted by Crippen LogP contribution is -2.50. The first-order valence-electron chi connectivity index (χ1n) is 7.16.